The van der Waals surface area contributed by atoms with Gasteiger partial charge in [0.25, 0.3) is 0 Å². The SMILES string of the molecule is C#CCNCC(=O)N1CC(O)C[C@H]1C(=O)O. The molecule has 88 valence electrons. The van der Waals surface area contributed by atoms with Crippen LogP contribution in [0, 0.1) is 12.3 Å². The first kappa shape index (κ1) is 12.5. The molecule has 1 unspecified atom stereocenters. The van der Waals surface area contributed by atoms with Crippen molar-refractivity contribution in [3.63, 3.8) is 0 Å². The molecule has 1 heterocycles. The van der Waals surface area contributed by atoms with Gasteiger partial charge >= 0.3 is 5.97 Å². The topological polar surface area (TPSA) is 89.9 Å². The van der Waals surface area contributed by atoms with Crippen molar-refractivity contribution in [2.45, 2.75) is 18.6 Å². The van der Waals surface area contributed by atoms with Crippen LogP contribution < -0.4 is 5.32 Å². The molecule has 0 aliphatic carbocycles. The lowest BCUT2D eigenvalue weighted by Crippen LogP contribution is -2.44. The number of carboxylic acids is 1. The normalized spacial score (nSPS) is 24.1. The molecule has 0 aromatic rings. The molecule has 0 aromatic heterocycles. The number of carboxylic acid groups (broad SMARTS) is 1. The van der Waals surface area contributed by atoms with Gasteiger partial charge in [-0.3, -0.25) is 10.1 Å². The lowest BCUT2D eigenvalue weighted by atomic mass is 10.2. The number of terminal acetylenes is 1. The van der Waals surface area contributed by atoms with Gasteiger partial charge in [-0.05, 0) is 0 Å². The first-order chi connectivity index (χ1) is 7.56. The van der Waals surface area contributed by atoms with Crippen LogP contribution in [-0.4, -0.2) is 58.8 Å². The molecule has 3 N–H and O–H groups in total. The summed E-state index contributed by atoms with van der Waals surface area (Å²) < 4.78 is 0. The monoisotopic (exact) mass is 226 g/mol. The summed E-state index contributed by atoms with van der Waals surface area (Å²) in [5.41, 5.74) is 0. The Labute approximate surface area is 93.2 Å². The molecule has 1 aliphatic rings. The zero-order valence-corrected chi connectivity index (χ0v) is 8.72. The minimum absolute atomic E-state index is 0.0132. The molecular formula is C10H14N2O4. The first-order valence-electron chi connectivity index (χ1n) is 4.90. The van der Waals surface area contributed by atoms with Gasteiger partial charge < -0.3 is 15.1 Å². The maximum atomic E-state index is 11.6. The van der Waals surface area contributed by atoms with Crippen molar-refractivity contribution in [2.75, 3.05) is 19.6 Å². The van der Waals surface area contributed by atoms with Crippen molar-refractivity contribution in [3.05, 3.63) is 0 Å². The van der Waals surface area contributed by atoms with Gasteiger partial charge in [0.05, 0.1) is 19.2 Å². The highest BCUT2D eigenvalue weighted by Gasteiger charge is 2.38. The number of nitrogens with zero attached hydrogens (tertiary/aromatic N) is 1. The Morgan fingerprint density at radius 3 is 2.81 bits per heavy atom. The number of aliphatic hydroxyl groups is 1. The van der Waals surface area contributed by atoms with Gasteiger partial charge in [-0.15, -0.1) is 6.42 Å². The van der Waals surface area contributed by atoms with Crippen molar-refractivity contribution in [3.8, 4) is 12.3 Å². The van der Waals surface area contributed by atoms with E-state index in [1.165, 1.54) is 0 Å². The molecule has 0 radical (unpaired) electrons. The standard InChI is InChI=1S/C10H14N2O4/c1-2-3-11-5-9(14)12-6-7(13)4-8(12)10(15)16/h1,7-8,11,13H,3-6H2,(H,15,16)/t7?,8-/m0/s1. The number of hydrogen-bond acceptors (Lipinski definition) is 4. The summed E-state index contributed by atoms with van der Waals surface area (Å²) in [5, 5.41) is 20.9. The summed E-state index contributed by atoms with van der Waals surface area (Å²) in [6.45, 7) is 0.300. The minimum atomic E-state index is -1.10. The number of carbonyl (C=O) groups is 2. The second-order valence-electron chi connectivity index (χ2n) is 3.60. The van der Waals surface area contributed by atoms with Crippen LogP contribution in [0.5, 0.6) is 0 Å². The van der Waals surface area contributed by atoms with Crippen LogP contribution in [0.3, 0.4) is 0 Å². The lowest BCUT2D eigenvalue weighted by molar-refractivity contribution is -0.147. The molecule has 0 aromatic carbocycles. The van der Waals surface area contributed by atoms with Crippen molar-refractivity contribution in [1.82, 2.24) is 10.2 Å². The van der Waals surface area contributed by atoms with Gasteiger partial charge in [0.15, 0.2) is 0 Å². The minimum Gasteiger partial charge on any atom is -0.480 e. The van der Waals surface area contributed by atoms with Crippen LogP contribution in [0.4, 0.5) is 0 Å². The third kappa shape index (κ3) is 2.95. The quantitative estimate of drug-likeness (QED) is 0.391. The molecule has 0 saturated carbocycles. The van der Waals surface area contributed by atoms with Crippen LogP contribution in [0.2, 0.25) is 0 Å². The highest BCUT2D eigenvalue weighted by Crippen LogP contribution is 2.17. The zero-order valence-electron chi connectivity index (χ0n) is 8.72. The number of carbonyl (C=O) groups excluding carboxylic acids is 1. The number of aliphatic hydroxyl groups excluding tert-OH is 1. The summed E-state index contributed by atoms with van der Waals surface area (Å²) in [5.74, 6) is 0.851. The van der Waals surface area contributed by atoms with E-state index in [0.29, 0.717) is 0 Å². The van der Waals surface area contributed by atoms with Crippen LogP contribution in [-0.2, 0) is 9.59 Å². The number of aliphatic carboxylic acids is 1. The van der Waals surface area contributed by atoms with Crippen molar-refractivity contribution < 1.29 is 19.8 Å². The Kier molecular flexibility index (Phi) is 4.28. The lowest BCUT2D eigenvalue weighted by Gasteiger charge is -2.20. The zero-order chi connectivity index (χ0) is 12.1. The largest absolute Gasteiger partial charge is 0.480 e. The highest BCUT2D eigenvalue weighted by atomic mass is 16.4. The van der Waals surface area contributed by atoms with Crippen molar-refractivity contribution in [2.24, 2.45) is 0 Å². The van der Waals surface area contributed by atoms with Gasteiger partial charge in [-0.2, -0.15) is 0 Å². The highest BCUT2D eigenvalue weighted by molar-refractivity contribution is 5.85. The average Bonchev–Trinajstić information content (AvgIpc) is 2.61. The fourth-order valence-electron chi connectivity index (χ4n) is 1.67. The second kappa shape index (κ2) is 5.49. The average molecular weight is 226 g/mol. The number of likely N-dealkylation sites (tertiary alicyclic amines) is 1. The van der Waals surface area contributed by atoms with Crippen molar-refractivity contribution in [1.29, 1.82) is 0 Å². The molecule has 0 spiro atoms. The second-order valence-corrected chi connectivity index (χ2v) is 3.60. The number of hydrogen-bond donors (Lipinski definition) is 3. The number of β-amino-alcohol motifs (C(OH)–C–C–N with tert-alkyl or cyclic N) is 1. The summed E-state index contributed by atoms with van der Waals surface area (Å²) >= 11 is 0. The van der Waals surface area contributed by atoms with Gasteiger partial charge in [-0.25, -0.2) is 4.79 Å². The van der Waals surface area contributed by atoms with E-state index in [-0.39, 0.29) is 32.0 Å². The summed E-state index contributed by atoms with van der Waals surface area (Å²) in [6, 6.07) is -0.935. The molecule has 1 rings (SSSR count). The first-order valence-corrected chi connectivity index (χ1v) is 4.90. The fourth-order valence-corrected chi connectivity index (χ4v) is 1.67. The van der Waals surface area contributed by atoms with Crippen LogP contribution in [0.15, 0.2) is 0 Å². The Morgan fingerprint density at radius 1 is 1.56 bits per heavy atom. The third-order valence-corrected chi connectivity index (χ3v) is 2.39. The maximum absolute atomic E-state index is 11.6. The van der Waals surface area contributed by atoms with Crippen molar-refractivity contribution >= 4 is 11.9 Å². The molecule has 2 atom stereocenters. The van der Waals surface area contributed by atoms with E-state index >= 15 is 0 Å². The molecule has 6 nitrogen and oxygen atoms in total. The van der Waals surface area contributed by atoms with E-state index in [1.54, 1.807) is 0 Å². The summed E-state index contributed by atoms with van der Waals surface area (Å²) in [6.07, 6.45) is 4.31. The van der Waals surface area contributed by atoms with Gasteiger partial charge in [0.2, 0.25) is 5.91 Å². The van der Waals surface area contributed by atoms with Crippen LogP contribution >= 0.6 is 0 Å². The Balaban J connectivity index is 2.54. The number of amides is 1. The fraction of sp³-hybridized carbons (Fsp3) is 0.600. The van der Waals surface area contributed by atoms with E-state index in [0.717, 1.165) is 4.90 Å². The third-order valence-electron chi connectivity index (χ3n) is 2.39. The Morgan fingerprint density at radius 2 is 2.25 bits per heavy atom. The van der Waals surface area contributed by atoms with Crippen LogP contribution in [0.1, 0.15) is 6.42 Å². The Bertz CT molecular complexity index is 323. The predicted octanol–water partition coefficient (Wildman–Crippen LogP) is -1.74. The molecular weight excluding hydrogens is 212 g/mol. The molecule has 0 bridgehead atoms. The summed E-state index contributed by atoms with van der Waals surface area (Å²) in [4.78, 5) is 23.6. The van der Waals surface area contributed by atoms with E-state index in [1.807, 2.05) is 0 Å². The van der Waals surface area contributed by atoms with Crippen LogP contribution in [0.25, 0.3) is 0 Å². The summed E-state index contributed by atoms with van der Waals surface area (Å²) in [7, 11) is 0. The molecule has 6 heteroatoms. The molecule has 1 amide bonds. The smallest absolute Gasteiger partial charge is 0.326 e. The van der Waals surface area contributed by atoms with Gasteiger partial charge in [0, 0.05) is 13.0 Å². The molecule has 1 fully saturated rings. The maximum Gasteiger partial charge on any atom is 0.326 e. The molecule has 1 aliphatic heterocycles. The number of rotatable bonds is 4. The molecule has 16 heavy (non-hydrogen) atoms. The van der Waals surface area contributed by atoms with E-state index < -0.39 is 18.1 Å². The molecule has 1 saturated heterocycles. The van der Waals surface area contributed by atoms with E-state index in [9.17, 15) is 14.7 Å². The predicted molar refractivity (Wildman–Crippen MR) is 55.5 cm³/mol. The van der Waals surface area contributed by atoms with Gasteiger partial charge in [0.1, 0.15) is 6.04 Å². The van der Waals surface area contributed by atoms with E-state index in [2.05, 4.69) is 11.2 Å². The number of nitrogens with one attached hydrogen (secondary N) is 1. The Hall–Kier alpha value is -1.58. The van der Waals surface area contributed by atoms with Gasteiger partial charge in [-0.1, -0.05) is 5.92 Å². The van der Waals surface area contributed by atoms with E-state index in [4.69, 9.17) is 11.5 Å².